The third kappa shape index (κ3) is 5.38. The van der Waals surface area contributed by atoms with Gasteiger partial charge in [-0.15, -0.1) is 0 Å². The number of rotatable bonds is 5. The quantitative estimate of drug-likeness (QED) is 0.796. The molecule has 3 fully saturated rings. The highest BCUT2D eigenvalue weighted by molar-refractivity contribution is 5.79. The zero-order valence-corrected chi connectivity index (χ0v) is 17.8. The minimum atomic E-state index is 0.0457. The molecular formula is C23H34N4O3. The fourth-order valence-electron chi connectivity index (χ4n) is 5.03. The summed E-state index contributed by atoms with van der Waals surface area (Å²) in [5, 5.41) is 3.06. The molecule has 0 unspecified atom stereocenters. The number of hydrogen-bond donors (Lipinski definition) is 1. The second-order valence-electron chi connectivity index (χ2n) is 8.82. The first-order valence-electron chi connectivity index (χ1n) is 11.5. The summed E-state index contributed by atoms with van der Waals surface area (Å²) in [4.78, 5) is 34.3. The molecule has 0 spiro atoms. The predicted molar refractivity (Wildman–Crippen MR) is 114 cm³/mol. The van der Waals surface area contributed by atoms with Crippen molar-refractivity contribution in [3.63, 3.8) is 0 Å². The average molecular weight is 415 g/mol. The molecule has 7 heteroatoms. The Labute approximate surface area is 179 Å². The molecule has 0 radical (unpaired) electrons. The van der Waals surface area contributed by atoms with Crippen LogP contribution in [-0.4, -0.2) is 72.0 Å². The lowest BCUT2D eigenvalue weighted by atomic mass is 9.92. The van der Waals surface area contributed by atoms with Crippen molar-refractivity contribution >= 4 is 11.8 Å². The van der Waals surface area contributed by atoms with Gasteiger partial charge < -0.3 is 15.0 Å². The minimum absolute atomic E-state index is 0.0457. The van der Waals surface area contributed by atoms with E-state index >= 15 is 0 Å². The van der Waals surface area contributed by atoms with Gasteiger partial charge in [-0.05, 0) is 57.2 Å². The summed E-state index contributed by atoms with van der Waals surface area (Å²) in [7, 11) is 0. The van der Waals surface area contributed by atoms with E-state index < -0.39 is 0 Å². The number of carbonyl (C=O) groups excluding carboxylic acids is 2. The van der Waals surface area contributed by atoms with Crippen molar-refractivity contribution in [2.75, 3.05) is 39.4 Å². The summed E-state index contributed by atoms with van der Waals surface area (Å²) in [6.45, 7) is 5.48. The number of piperidine rings is 2. The number of ether oxygens (including phenoxy) is 1. The Morgan fingerprint density at radius 2 is 1.83 bits per heavy atom. The Kier molecular flexibility index (Phi) is 7.33. The maximum absolute atomic E-state index is 12.8. The SMILES string of the molecule is O=C(NCc1ccccn1)[C@@H]1CCCN(C2CCN(C(=O)C3CCOCC3)CC2)C1. The summed E-state index contributed by atoms with van der Waals surface area (Å²) >= 11 is 0. The van der Waals surface area contributed by atoms with E-state index in [1.54, 1.807) is 6.20 Å². The van der Waals surface area contributed by atoms with Crippen LogP contribution in [0.1, 0.15) is 44.2 Å². The third-order valence-corrected chi connectivity index (χ3v) is 6.86. The summed E-state index contributed by atoms with van der Waals surface area (Å²) in [6.07, 6.45) is 7.51. The van der Waals surface area contributed by atoms with Crippen molar-refractivity contribution in [2.45, 2.75) is 51.1 Å². The van der Waals surface area contributed by atoms with E-state index in [0.29, 0.717) is 31.7 Å². The highest BCUT2D eigenvalue weighted by atomic mass is 16.5. The Morgan fingerprint density at radius 3 is 2.57 bits per heavy atom. The van der Waals surface area contributed by atoms with E-state index in [2.05, 4.69) is 20.1 Å². The number of amides is 2. The van der Waals surface area contributed by atoms with Crippen molar-refractivity contribution in [2.24, 2.45) is 11.8 Å². The van der Waals surface area contributed by atoms with Crippen LogP contribution < -0.4 is 5.32 Å². The van der Waals surface area contributed by atoms with E-state index in [9.17, 15) is 9.59 Å². The first-order valence-corrected chi connectivity index (χ1v) is 11.5. The lowest BCUT2D eigenvalue weighted by Gasteiger charge is -2.42. The molecule has 2 amide bonds. The largest absolute Gasteiger partial charge is 0.381 e. The highest BCUT2D eigenvalue weighted by Gasteiger charge is 2.34. The summed E-state index contributed by atoms with van der Waals surface area (Å²) < 4.78 is 5.39. The first-order chi connectivity index (χ1) is 14.7. The third-order valence-electron chi connectivity index (χ3n) is 6.86. The number of hydrogen-bond acceptors (Lipinski definition) is 5. The van der Waals surface area contributed by atoms with Crippen molar-refractivity contribution in [1.29, 1.82) is 0 Å². The molecule has 3 aliphatic heterocycles. The molecule has 1 N–H and O–H groups in total. The Bertz CT molecular complexity index is 700. The van der Waals surface area contributed by atoms with Crippen molar-refractivity contribution in [3.05, 3.63) is 30.1 Å². The number of aromatic nitrogens is 1. The van der Waals surface area contributed by atoms with Gasteiger partial charge in [-0.1, -0.05) is 6.07 Å². The number of likely N-dealkylation sites (tertiary alicyclic amines) is 2. The van der Waals surface area contributed by atoms with E-state index in [0.717, 1.165) is 70.4 Å². The molecule has 1 atom stereocenters. The van der Waals surface area contributed by atoms with Crippen LogP contribution in [0.3, 0.4) is 0 Å². The van der Waals surface area contributed by atoms with Crippen molar-refractivity contribution < 1.29 is 14.3 Å². The molecule has 164 valence electrons. The monoisotopic (exact) mass is 414 g/mol. The Morgan fingerprint density at radius 1 is 1.03 bits per heavy atom. The average Bonchev–Trinajstić information content (AvgIpc) is 2.83. The summed E-state index contributed by atoms with van der Waals surface area (Å²) in [5.41, 5.74) is 0.889. The topological polar surface area (TPSA) is 74.8 Å². The molecule has 4 rings (SSSR count). The Balaban J connectivity index is 1.23. The fraction of sp³-hybridized carbons (Fsp3) is 0.696. The maximum Gasteiger partial charge on any atom is 0.225 e. The van der Waals surface area contributed by atoms with Gasteiger partial charge in [0.1, 0.15) is 0 Å². The number of pyridine rings is 1. The van der Waals surface area contributed by atoms with Gasteiger partial charge in [-0.2, -0.15) is 0 Å². The Hall–Kier alpha value is -1.99. The van der Waals surface area contributed by atoms with E-state index in [4.69, 9.17) is 4.74 Å². The van der Waals surface area contributed by atoms with Crippen molar-refractivity contribution in [1.82, 2.24) is 20.1 Å². The molecule has 0 aromatic carbocycles. The molecule has 3 saturated heterocycles. The molecule has 3 aliphatic rings. The van der Waals surface area contributed by atoms with Crippen LogP contribution in [0, 0.1) is 11.8 Å². The van der Waals surface area contributed by atoms with Crippen LogP contribution in [0.2, 0.25) is 0 Å². The van der Waals surface area contributed by atoms with Gasteiger partial charge in [0.15, 0.2) is 0 Å². The van der Waals surface area contributed by atoms with Gasteiger partial charge in [-0.3, -0.25) is 19.5 Å². The van der Waals surface area contributed by atoms with Gasteiger partial charge in [0.25, 0.3) is 0 Å². The summed E-state index contributed by atoms with van der Waals surface area (Å²) in [6, 6.07) is 6.24. The molecule has 0 bridgehead atoms. The standard InChI is InChI=1S/C23H34N4O3/c28-22(25-16-20-5-1-2-10-24-20)19-4-3-11-27(17-19)21-6-12-26(13-7-21)23(29)18-8-14-30-15-9-18/h1-2,5,10,18-19,21H,3-4,6-9,11-17H2,(H,25,28)/t19-/m1/s1. The van der Waals surface area contributed by atoms with Gasteiger partial charge in [0.2, 0.25) is 11.8 Å². The van der Waals surface area contributed by atoms with Gasteiger partial charge in [0.05, 0.1) is 18.2 Å². The van der Waals surface area contributed by atoms with Crippen LogP contribution >= 0.6 is 0 Å². The number of nitrogens with one attached hydrogen (secondary N) is 1. The van der Waals surface area contributed by atoms with Crippen LogP contribution in [0.25, 0.3) is 0 Å². The molecular weight excluding hydrogens is 380 g/mol. The lowest BCUT2D eigenvalue weighted by molar-refractivity contribution is -0.140. The van der Waals surface area contributed by atoms with Gasteiger partial charge >= 0.3 is 0 Å². The van der Waals surface area contributed by atoms with Crippen LogP contribution in [-0.2, 0) is 20.9 Å². The summed E-state index contributed by atoms with van der Waals surface area (Å²) in [5.74, 6) is 0.654. The van der Waals surface area contributed by atoms with Crippen molar-refractivity contribution in [3.8, 4) is 0 Å². The molecule has 0 saturated carbocycles. The van der Waals surface area contributed by atoms with Gasteiger partial charge in [-0.25, -0.2) is 0 Å². The molecule has 7 nitrogen and oxygen atoms in total. The lowest BCUT2D eigenvalue weighted by Crippen LogP contribution is -2.52. The second-order valence-corrected chi connectivity index (χ2v) is 8.82. The fourth-order valence-corrected chi connectivity index (χ4v) is 5.03. The zero-order valence-electron chi connectivity index (χ0n) is 17.8. The molecule has 0 aliphatic carbocycles. The van der Waals surface area contributed by atoms with Gasteiger partial charge in [0, 0.05) is 51.0 Å². The molecule has 4 heterocycles. The smallest absolute Gasteiger partial charge is 0.225 e. The minimum Gasteiger partial charge on any atom is -0.381 e. The van der Waals surface area contributed by atoms with E-state index in [1.807, 2.05) is 18.2 Å². The highest BCUT2D eigenvalue weighted by Crippen LogP contribution is 2.26. The normalized spacial score (nSPS) is 24.5. The maximum atomic E-state index is 12.8. The molecule has 30 heavy (non-hydrogen) atoms. The van der Waals surface area contributed by atoms with Crippen LogP contribution in [0.15, 0.2) is 24.4 Å². The number of nitrogens with zero attached hydrogens (tertiary/aromatic N) is 3. The number of carbonyl (C=O) groups is 2. The van der Waals surface area contributed by atoms with E-state index in [-0.39, 0.29) is 17.7 Å². The van der Waals surface area contributed by atoms with E-state index in [1.165, 1.54) is 0 Å². The van der Waals surface area contributed by atoms with Crippen LogP contribution in [0.4, 0.5) is 0 Å². The predicted octanol–water partition coefficient (Wildman–Crippen LogP) is 1.83. The molecule has 1 aromatic heterocycles. The second kappa shape index (κ2) is 10.4. The molecule has 1 aromatic rings. The van der Waals surface area contributed by atoms with Crippen LogP contribution in [0.5, 0.6) is 0 Å². The first kappa shape index (κ1) is 21.2. The zero-order chi connectivity index (χ0) is 20.8.